The molecule has 2 rings (SSSR count). The predicted octanol–water partition coefficient (Wildman–Crippen LogP) is 2.85. The lowest BCUT2D eigenvalue weighted by atomic mass is 10.2. The van der Waals surface area contributed by atoms with E-state index in [1.807, 2.05) is 6.92 Å². The maximum atomic E-state index is 11.0. The van der Waals surface area contributed by atoms with Crippen LogP contribution in [0.25, 0.3) is 11.0 Å². The average Bonchev–Trinajstić information content (AvgIpc) is 2.72. The second-order valence-corrected chi connectivity index (χ2v) is 6.13. The van der Waals surface area contributed by atoms with Gasteiger partial charge in [0, 0.05) is 16.1 Å². The Hall–Kier alpha value is -1.53. The van der Waals surface area contributed by atoms with E-state index in [4.69, 9.17) is 15.1 Å². The standard InChI is InChI=1S/C9H7ClO3S.C3H6O2/c1-6-5-13-9-3-2-7(4-8(6)9)14(10,11)12;1-2-5-3-4/h2-5H,1H3;3H,2H2,1H3. The van der Waals surface area contributed by atoms with Crippen LogP contribution in [-0.4, -0.2) is 21.5 Å². The summed E-state index contributed by atoms with van der Waals surface area (Å²) in [6, 6.07) is 4.53. The first-order valence-electron chi connectivity index (χ1n) is 5.38. The highest BCUT2D eigenvalue weighted by Crippen LogP contribution is 2.25. The van der Waals surface area contributed by atoms with Gasteiger partial charge in [0.2, 0.25) is 0 Å². The van der Waals surface area contributed by atoms with Gasteiger partial charge in [-0.3, -0.25) is 4.79 Å². The molecule has 7 heteroatoms. The summed E-state index contributed by atoms with van der Waals surface area (Å²) in [7, 11) is 1.56. The third kappa shape index (κ3) is 4.25. The average molecular weight is 305 g/mol. The van der Waals surface area contributed by atoms with Gasteiger partial charge >= 0.3 is 0 Å². The van der Waals surface area contributed by atoms with Crippen molar-refractivity contribution in [2.24, 2.45) is 0 Å². The summed E-state index contributed by atoms with van der Waals surface area (Å²) in [4.78, 5) is 9.28. The number of hydrogen-bond acceptors (Lipinski definition) is 5. The van der Waals surface area contributed by atoms with E-state index >= 15 is 0 Å². The maximum Gasteiger partial charge on any atom is 0.293 e. The number of hydrogen-bond donors (Lipinski definition) is 0. The van der Waals surface area contributed by atoms with Crippen molar-refractivity contribution in [1.82, 2.24) is 0 Å². The van der Waals surface area contributed by atoms with Gasteiger partial charge < -0.3 is 9.15 Å². The monoisotopic (exact) mass is 304 g/mol. The van der Waals surface area contributed by atoms with Crippen molar-refractivity contribution < 1.29 is 22.4 Å². The lowest BCUT2D eigenvalue weighted by Crippen LogP contribution is -1.89. The smallest absolute Gasteiger partial charge is 0.293 e. The summed E-state index contributed by atoms with van der Waals surface area (Å²) >= 11 is 0. The molecule has 5 nitrogen and oxygen atoms in total. The summed E-state index contributed by atoms with van der Waals surface area (Å²) < 4.78 is 31.4. The molecule has 1 heterocycles. The minimum Gasteiger partial charge on any atom is -0.468 e. The van der Waals surface area contributed by atoms with Crippen molar-refractivity contribution in [3.05, 3.63) is 30.0 Å². The fourth-order valence-corrected chi connectivity index (χ4v) is 2.13. The first-order chi connectivity index (χ1) is 8.90. The van der Waals surface area contributed by atoms with Gasteiger partial charge in [0.15, 0.2) is 0 Å². The molecule has 0 unspecified atom stereocenters. The molecule has 19 heavy (non-hydrogen) atoms. The molecule has 0 aliphatic carbocycles. The molecule has 0 N–H and O–H groups in total. The molecule has 1 aromatic heterocycles. The van der Waals surface area contributed by atoms with Gasteiger partial charge in [0.25, 0.3) is 15.5 Å². The van der Waals surface area contributed by atoms with Crippen LogP contribution in [0, 0.1) is 6.92 Å². The molecule has 0 aliphatic heterocycles. The fraction of sp³-hybridized carbons (Fsp3) is 0.250. The van der Waals surface area contributed by atoms with Gasteiger partial charge in [-0.2, -0.15) is 0 Å². The van der Waals surface area contributed by atoms with Crippen molar-refractivity contribution >= 4 is 37.2 Å². The normalized spacial score (nSPS) is 10.7. The third-order valence-corrected chi connectivity index (χ3v) is 3.61. The third-order valence-electron chi connectivity index (χ3n) is 2.25. The second-order valence-electron chi connectivity index (χ2n) is 3.57. The molecule has 0 radical (unpaired) electrons. The Balaban J connectivity index is 0.000000312. The van der Waals surface area contributed by atoms with E-state index < -0.39 is 9.05 Å². The lowest BCUT2D eigenvalue weighted by Gasteiger charge is -1.95. The minimum atomic E-state index is -3.66. The molecular formula is C12H13ClO5S. The van der Waals surface area contributed by atoms with Crippen molar-refractivity contribution in [2.45, 2.75) is 18.7 Å². The van der Waals surface area contributed by atoms with E-state index in [0.717, 1.165) is 10.9 Å². The van der Waals surface area contributed by atoms with Crippen molar-refractivity contribution in [1.29, 1.82) is 0 Å². The zero-order chi connectivity index (χ0) is 14.5. The fourth-order valence-electron chi connectivity index (χ4n) is 1.36. The number of fused-ring (bicyclic) bond motifs is 1. The number of rotatable bonds is 3. The summed E-state index contributed by atoms with van der Waals surface area (Å²) in [6.07, 6.45) is 1.58. The van der Waals surface area contributed by atoms with Crippen LogP contribution in [0.5, 0.6) is 0 Å². The highest BCUT2D eigenvalue weighted by molar-refractivity contribution is 8.13. The lowest BCUT2D eigenvalue weighted by molar-refractivity contribution is -0.128. The quantitative estimate of drug-likeness (QED) is 0.644. The number of carbonyl (C=O) groups excluding carboxylic acids is 1. The zero-order valence-electron chi connectivity index (χ0n) is 10.4. The predicted molar refractivity (Wildman–Crippen MR) is 71.7 cm³/mol. The van der Waals surface area contributed by atoms with Crippen molar-refractivity contribution in [2.75, 3.05) is 6.61 Å². The van der Waals surface area contributed by atoms with E-state index in [-0.39, 0.29) is 4.90 Å². The van der Waals surface area contributed by atoms with E-state index in [2.05, 4.69) is 4.74 Å². The zero-order valence-corrected chi connectivity index (χ0v) is 12.0. The molecule has 0 saturated heterocycles. The summed E-state index contributed by atoms with van der Waals surface area (Å²) in [5.41, 5.74) is 1.55. The van der Waals surface area contributed by atoms with Crippen molar-refractivity contribution in [3.63, 3.8) is 0 Å². The molecule has 0 bridgehead atoms. The van der Waals surface area contributed by atoms with E-state index in [1.54, 1.807) is 19.3 Å². The Kier molecular flexibility index (Phi) is 5.38. The van der Waals surface area contributed by atoms with Crippen LogP contribution in [0.4, 0.5) is 0 Å². The molecule has 0 atom stereocenters. The van der Waals surface area contributed by atoms with Gasteiger partial charge in [0.1, 0.15) is 5.58 Å². The molecule has 0 saturated carbocycles. The van der Waals surface area contributed by atoms with Gasteiger partial charge in [-0.15, -0.1) is 0 Å². The summed E-state index contributed by atoms with van der Waals surface area (Å²) in [6.45, 7) is 4.51. The largest absolute Gasteiger partial charge is 0.468 e. The molecule has 1 aromatic carbocycles. The SMILES string of the molecule is CCOC=O.Cc1coc2ccc(S(=O)(=O)Cl)cc12. The van der Waals surface area contributed by atoms with Gasteiger partial charge in [0.05, 0.1) is 17.8 Å². The molecule has 104 valence electrons. The number of ether oxygens (including phenoxy) is 1. The van der Waals surface area contributed by atoms with Crippen LogP contribution in [-0.2, 0) is 18.6 Å². The number of furan rings is 1. The van der Waals surface area contributed by atoms with Gasteiger partial charge in [-0.1, -0.05) is 0 Å². The van der Waals surface area contributed by atoms with Gasteiger partial charge in [-0.25, -0.2) is 8.42 Å². The van der Waals surface area contributed by atoms with Crippen LogP contribution in [0.15, 0.2) is 33.8 Å². The van der Waals surface area contributed by atoms with E-state index in [1.165, 1.54) is 12.1 Å². The first kappa shape index (κ1) is 15.5. The van der Waals surface area contributed by atoms with Gasteiger partial charge in [-0.05, 0) is 37.6 Å². The Morgan fingerprint density at radius 2 is 2.11 bits per heavy atom. The van der Waals surface area contributed by atoms with E-state index in [9.17, 15) is 13.2 Å². The topological polar surface area (TPSA) is 73.6 Å². The van der Waals surface area contributed by atoms with Crippen LogP contribution in [0.2, 0.25) is 0 Å². The molecule has 0 spiro atoms. The van der Waals surface area contributed by atoms with Crippen LogP contribution in [0.1, 0.15) is 12.5 Å². The highest BCUT2D eigenvalue weighted by atomic mass is 35.7. The Morgan fingerprint density at radius 3 is 2.58 bits per heavy atom. The van der Waals surface area contributed by atoms with Crippen LogP contribution in [0.3, 0.4) is 0 Å². The van der Waals surface area contributed by atoms with Crippen molar-refractivity contribution in [3.8, 4) is 0 Å². The Bertz CT molecular complexity index is 660. The summed E-state index contributed by atoms with van der Waals surface area (Å²) in [5.74, 6) is 0. The highest BCUT2D eigenvalue weighted by Gasteiger charge is 2.12. The molecule has 0 amide bonds. The molecular weight excluding hydrogens is 292 g/mol. The number of halogens is 1. The number of benzene rings is 1. The first-order valence-corrected chi connectivity index (χ1v) is 7.68. The number of carbonyl (C=O) groups is 1. The number of aryl methyl sites for hydroxylation is 1. The van der Waals surface area contributed by atoms with Crippen LogP contribution >= 0.6 is 10.7 Å². The second kappa shape index (κ2) is 6.58. The van der Waals surface area contributed by atoms with E-state index in [0.29, 0.717) is 18.7 Å². The Morgan fingerprint density at radius 1 is 1.42 bits per heavy atom. The minimum absolute atomic E-state index is 0.0937. The maximum absolute atomic E-state index is 11.0. The van der Waals surface area contributed by atoms with Crippen LogP contribution < -0.4 is 0 Å². The molecule has 0 aliphatic rings. The molecule has 2 aromatic rings. The molecule has 0 fully saturated rings. The summed E-state index contributed by atoms with van der Waals surface area (Å²) in [5, 5.41) is 0.770. The Labute approximate surface area is 115 Å².